The molecular formula is C60H68O4P4Si4. The van der Waals surface area contributed by atoms with E-state index in [0.29, 0.717) is 0 Å². The Morgan fingerprint density at radius 2 is 0.403 bits per heavy atom. The Balaban J connectivity index is 1.20. The predicted octanol–water partition coefficient (Wildman–Crippen LogP) is 12.9. The average molecular weight is 1090 g/mol. The van der Waals surface area contributed by atoms with Gasteiger partial charge in [0.1, 0.15) is 0 Å². The van der Waals surface area contributed by atoms with Gasteiger partial charge in [0.05, 0.1) is 0 Å². The highest BCUT2D eigenvalue weighted by atomic mass is 31.1. The Labute approximate surface area is 439 Å². The van der Waals surface area contributed by atoms with Crippen LogP contribution in [0.15, 0.2) is 243 Å². The molecule has 72 heavy (non-hydrogen) atoms. The van der Waals surface area contributed by atoms with E-state index in [9.17, 15) is 0 Å². The van der Waals surface area contributed by atoms with Gasteiger partial charge in [-0.05, 0) is 149 Å². The second-order valence-corrected chi connectivity index (χ2v) is 43.2. The van der Waals surface area contributed by atoms with Crippen LogP contribution in [0.5, 0.6) is 0 Å². The van der Waals surface area contributed by atoms with E-state index in [2.05, 4.69) is 269 Å². The fraction of sp³-hybridized carbons (Fsp3) is 0.200. The maximum atomic E-state index is 8.69. The minimum Gasteiger partial charge on any atom is -0.416 e. The van der Waals surface area contributed by atoms with E-state index in [-0.39, 0.29) is 0 Å². The first kappa shape index (κ1) is 53.0. The van der Waals surface area contributed by atoms with Crippen molar-refractivity contribution in [3.05, 3.63) is 243 Å². The molecule has 0 bridgehead atoms. The molecule has 1 fully saturated rings. The molecule has 0 saturated carbocycles. The molecule has 0 aromatic heterocycles. The highest BCUT2D eigenvalue weighted by Crippen LogP contribution is 2.48. The van der Waals surface area contributed by atoms with Gasteiger partial charge < -0.3 is 16.5 Å². The lowest BCUT2D eigenvalue weighted by atomic mass is 10.4. The minimum absolute atomic E-state index is 0.731. The maximum absolute atomic E-state index is 8.69. The molecule has 0 spiro atoms. The summed E-state index contributed by atoms with van der Waals surface area (Å²) in [5.41, 5.74) is 0. The fourth-order valence-electron chi connectivity index (χ4n) is 10.2. The van der Waals surface area contributed by atoms with E-state index in [1.807, 2.05) is 0 Å². The van der Waals surface area contributed by atoms with Crippen LogP contribution in [0.1, 0.15) is 0 Å². The summed E-state index contributed by atoms with van der Waals surface area (Å²) in [4.78, 5) is 0. The Morgan fingerprint density at radius 3 is 0.569 bits per heavy atom. The molecule has 9 rings (SSSR count). The van der Waals surface area contributed by atoms with E-state index in [0.717, 1.165) is 48.8 Å². The smallest absolute Gasteiger partial charge is 0.321 e. The van der Waals surface area contributed by atoms with Crippen molar-refractivity contribution in [2.24, 2.45) is 0 Å². The normalized spacial score (nSPS) is 16.1. The van der Waals surface area contributed by atoms with Crippen molar-refractivity contribution in [3.8, 4) is 0 Å². The van der Waals surface area contributed by atoms with Crippen molar-refractivity contribution in [3.63, 3.8) is 0 Å². The Morgan fingerprint density at radius 1 is 0.236 bits per heavy atom. The quantitative estimate of drug-likeness (QED) is 0.0563. The Bertz CT molecular complexity index is 2320. The first-order chi connectivity index (χ1) is 35.1. The third kappa shape index (κ3) is 14.3. The number of hydrogen-bond acceptors (Lipinski definition) is 4. The van der Waals surface area contributed by atoms with Crippen LogP contribution in [0.2, 0.25) is 50.4 Å². The summed E-state index contributed by atoms with van der Waals surface area (Å²) in [5.74, 6) is 0. The van der Waals surface area contributed by atoms with Crippen LogP contribution < -0.4 is 42.4 Å². The predicted molar refractivity (Wildman–Crippen MR) is 326 cm³/mol. The van der Waals surface area contributed by atoms with Crippen LogP contribution in [0, 0.1) is 0 Å². The highest BCUT2D eigenvalue weighted by molar-refractivity contribution is 7.74. The van der Waals surface area contributed by atoms with E-state index in [4.69, 9.17) is 16.5 Å². The van der Waals surface area contributed by atoms with Crippen molar-refractivity contribution in [1.29, 1.82) is 0 Å². The zero-order valence-electron chi connectivity index (χ0n) is 42.2. The monoisotopic (exact) mass is 1090 g/mol. The molecule has 0 radical (unpaired) electrons. The molecule has 0 N–H and O–H groups in total. The summed E-state index contributed by atoms with van der Waals surface area (Å²) >= 11 is 0. The molecule has 1 heterocycles. The first-order valence-electron chi connectivity index (χ1n) is 25.4. The standard InChI is InChI=1S/C60H68O4P4Si4/c1-69(2)61-70(3,4)63-72(51-47-67(57-37-21-9-22-38-57)58-39-23-10-24-40-58,52-48-68(59-41-25-11-26-42-59)60-43-27-12-28-44-60)64-71(62-69,49-45-65(53-29-13-5-14-30-53)54-31-15-6-16-32-54)50-46-66(55-33-17-7-18-34-55)56-35-19-8-20-36-56/h5-44H,45-52H2,1-4H3. The zero-order valence-corrected chi connectivity index (χ0v) is 49.8. The summed E-state index contributed by atoms with van der Waals surface area (Å²) in [6.45, 7) is 9.08. The molecule has 0 atom stereocenters. The summed E-state index contributed by atoms with van der Waals surface area (Å²) in [6.07, 6.45) is 3.84. The summed E-state index contributed by atoms with van der Waals surface area (Å²) < 4.78 is 32.4. The van der Waals surface area contributed by atoms with Crippen LogP contribution in [-0.4, -0.2) is 58.9 Å². The molecule has 1 aliphatic heterocycles. The van der Waals surface area contributed by atoms with E-state index < -0.39 is 65.9 Å². The number of benzene rings is 8. The van der Waals surface area contributed by atoms with Crippen LogP contribution in [-0.2, 0) is 16.5 Å². The van der Waals surface area contributed by atoms with E-state index in [1.165, 1.54) is 42.4 Å². The SMILES string of the molecule is C[Si]1(C)O[Si](C)(C)O[Si](CCP(c2ccccc2)c2ccccc2)(CCP(c2ccccc2)c2ccccc2)O[Si](CCP(c2ccccc2)c2ccccc2)(CCP(c2ccccc2)c2ccccc2)O1. The largest absolute Gasteiger partial charge is 0.416 e. The summed E-state index contributed by atoms with van der Waals surface area (Å²) in [7, 11) is -15.2. The van der Waals surface area contributed by atoms with Gasteiger partial charge in [-0.25, -0.2) is 0 Å². The summed E-state index contributed by atoms with van der Waals surface area (Å²) in [5, 5.41) is 11.1. The van der Waals surface area contributed by atoms with Crippen molar-refractivity contribution < 1.29 is 16.5 Å². The van der Waals surface area contributed by atoms with Gasteiger partial charge >= 0.3 is 34.2 Å². The molecule has 1 saturated heterocycles. The molecule has 4 nitrogen and oxygen atoms in total. The summed E-state index contributed by atoms with van der Waals surface area (Å²) in [6, 6.07) is 93.1. The van der Waals surface area contributed by atoms with Crippen molar-refractivity contribution >= 4 is 108 Å². The minimum atomic E-state index is -3.27. The lowest BCUT2D eigenvalue weighted by molar-refractivity contribution is 0.225. The van der Waals surface area contributed by atoms with Gasteiger partial charge in [-0.1, -0.05) is 243 Å². The molecule has 0 amide bonds. The second kappa shape index (κ2) is 25.1. The van der Waals surface area contributed by atoms with E-state index >= 15 is 0 Å². The molecule has 0 aliphatic carbocycles. The topological polar surface area (TPSA) is 36.9 Å². The third-order valence-electron chi connectivity index (χ3n) is 13.1. The van der Waals surface area contributed by atoms with Crippen molar-refractivity contribution in [2.45, 2.75) is 50.4 Å². The van der Waals surface area contributed by atoms with Crippen LogP contribution in [0.3, 0.4) is 0 Å². The van der Waals surface area contributed by atoms with Gasteiger partial charge in [0.25, 0.3) is 0 Å². The van der Waals surface area contributed by atoms with Gasteiger partial charge in [0.2, 0.25) is 0 Å². The Kier molecular flexibility index (Phi) is 18.5. The Hall–Kier alpha value is -3.81. The molecule has 8 aromatic carbocycles. The molecule has 0 unspecified atom stereocenters. The van der Waals surface area contributed by atoms with Crippen molar-refractivity contribution in [1.82, 2.24) is 0 Å². The maximum Gasteiger partial charge on any atom is 0.321 e. The first-order valence-corrected chi connectivity index (χ1v) is 41.6. The molecule has 368 valence electrons. The van der Waals surface area contributed by atoms with Crippen LogP contribution in [0.4, 0.5) is 0 Å². The average Bonchev–Trinajstić information content (AvgIpc) is 3.40. The molecule has 1 aliphatic rings. The fourth-order valence-corrected chi connectivity index (χ4v) is 47.3. The number of hydrogen-bond donors (Lipinski definition) is 0. The molecular weight excluding hydrogens is 1020 g/mol. The lowest BCUT2D eigenvalue weighted by Gasteiger charge is -2.51. The molecule has 12 heteroatoms. The third-order valence-corrected chi connectivity index (χ3v) is 42.7. The van der Waals surface area contributed by atoms with Crippen LogP contribution >= 0.6 is 31.7 Å². The van der Waals surface area contributed by atoms with Gasteiger partial charge in [-0.15, -0.1) is 0 Å². The van der Waals surface area contributed by atoms with Crippen LogP contribution in [0.25, 0.3) is 0 Å². The van der Waals surface area contributed by atoms with Crippen molar-refractivity contribution in [2.75, 3.05) is 24.6 Å². The van der Waals surface area contributed by atoms with Gasteiger partial charge in [0.15, 0.2) is 0 Å². The second-order valence-electron chi connectivity index (χ2n) is 19.3. The zero-order chi connectivity index (χ0) is 49.7. The van der Waals surface area contributed by atoms with E-state index in [1.54, 1.807) is 0 Å². The van der Waals surface area contributed by atoms with Gasteiger partial charge in [-0.3, -0.25) is 0 Å². The van der Waals surface area contributed by atoms with Gasteiger partial charge in [0, 0.05) is 0 Å². The number of rotatable bonds is 20. The van der Waals surface area contributed by atoms with Gasteiger partial charge in [-0.2, -0.15) is 0 Å². The molecule has 8 aromatic rings. The lowest BCUT2D eigenvalue weighted by Crippen LogP contribution is -2.68. The highest BCUT2D eigenvalue weighted by Gasteiger charge is 2.58.